The first-order chi connectivity index (χ1) is 4.70. The standard InChI is InChI=1S/C6H4ClNO2/c7-6(10)5-2-1-4(9)3-8-5/h1-3,9H. The molecule has 3 nitrogen and oxygen atoms in total. The Labute approximate surface area is 62.3 Å². The van der Waals surface area contributed by atoms with Crippen LogP contribution in [0.4, 0.5) is 0 Å². The van der Waals surface area contributed by atoms with Crippen LogP contribution in [0.25, 0.3) is 0 Å². The van der Waals surface area contributed by atoms with Gasteiger partial charge in [0, 0.05) is 0 Å². The van der Waals surface area contributed by atoms with E-state index in [-0.39, 0.29) is 11.4 Å². The van der Waals surface area contributed by atoms with Gasteiger partial charge in [0.15, 0.2) is 0 Å². The normalized spacial score (nSPS) is 9.30. The van der Waals surface area contributed by atoms with Gasteiger partial charge in [0.2, 0.25) is 0 Å². The highest BCUT2D eigenvalue weighted by atomic mass is 35.5. The zero-order chi connectivity index (χ0) is 7.56. The van der Waals surface area contributed by atoms with Crippen molar-refractivity contribution < 1.29 is 9.90 Å². The van der Waals surface area contributed by atoms with Crippen molar-refractivity contribution in [2.45, 2.75) is 0 Å². The molecule has 0 radical (unpaired) electrons. The molecule has 0 fully saturated rings. The van der Waals surface area contributed by atoms with Gasteiger partial charge in [-0.1, -0.05) is 0 Å². The van der Waals surface area contributed by atoms with Crippen molar-refractivity contribution in [1.82, 2.24) is 4.98 Å². The summed E-state index contributed by atoms with van der Waals surface area (Å²) in [7, 11) is 0. The van der Waals surface area contributed by atoms with E-state index in [9.17, 15) is 4.79 Å². The van der Waals surface area contributed by atoms with Gasteiger partial charge < -0.3 is 5.11 Å². The summed E-state index contributed by atoms with van der Waals surface area (Å²) in [6, 6.07) is 2.70. The zero-order valence-electron chi connectivity index (χ0n) is 4.91. The number of aromatic nitrogens is 1. The molecule has 1 aromatic rings. The second-order valence-electron chi connectivity index (χ2n) is 1.68. The first-order valence-electron chi connectivity index (χ1n) is 2.55. The van der Waals surface area contributed by atoms with Crippen molar-refractivity contribution in [2.24, 2.45) is 0 Å². The maximum atomic E-state index is 10.4. The van der Waals surface area contributed by atoms with Gasteiger partial charge in [0.1, 0.15) is 11.4 Å². The number of pyridine rings is 1. The summed E-state index contributed by atoms with van der Waals surface area (Å²) in [6.45, 7) is 0. The van der Waals surface area contributed by atoms with Gasteiger partial charge in [-0.15, -0.1) is 0 Å². The molecule has 0 aromatic carbocycles. The van der Waals surface area contributed by atoms with E-state index >= 15 is 0 Å². The van der Waals surface area contributed by atoms with E-state index in [4.69, 9.17) is 16.7 Å². The highest BCUT2D eigenvalue weighted by molar-refractivity contribution is 6.67. The third-order valence-electron chi connectivity index (χ3n) is 0.949. The summed E-state index contributed by atoms with van der Waals surface area (Å²) in [5.74, 6) is 0.0154. The van der Waals surface area contributed by atoms with Crippen LogP contribution < -0.4 is 0 Å². The average molecular weight is 158 g/mol. The van der Waals surface area contributed by atoms with Crippen molar-refractivity contribution in [2.75, 3.05) is 0 Å². The van der Waals surface area contributed by atoms with Crippen LogP contribution in [0, 0.1) is 0 Å². The first kappa shape index (κ1) is 7.02. The molecule has 0 atom stereocenters. The molecule has 0 saturated carbocycles. The third kappa shape index (κ3) is 1.45. The van der Waals surface area contributed by atoms with Crippen molar-refractivity contribution in [1.29, 1.82) is 0 Å². The molecule has 4 heteroatoms. The SMILES string of the molecule is O=C(Cl)c1ccc(O)cn1. The third-order valence-corrected chi connectivity index (χ3v) is 1.14. The van der Waals surface area contributed by atoms with Crippen LogP contribution >= 0.6 is 11.6 Å². The molecule has 0 amide bonds. The highest BCUT2D eigenvalue weighted by Gasteiger charge is 2.00. The summed E-state index contributed by atoms with van der Waals surface area (Å²) in [6.07, 6.45) is 1.16. The molecule has 1 N–H and O–H groups in total. The lowest BCUT2D eigenvalue weighted by atomic mass is 10.4. The van der Waals surface area contributed by atoms with Crippen molar-refractivity contribution in [3.05, 3.63) is 24.0 Å². The van der Waals surface area contributed by atoms with E-state index in [2.05, 4.69) is 4.98 Å². The molecule has 0 aliphatic rings. The van der Waals surface area contributed by atoms with Crippen LogP contribution in [0.15, 0.2) is 18.3 Å². The molecular formula is C6H4ClNO2. The number of hydrogen-bond donors (Lipinski definition) is 1. The fourth-order valence-electron chi connectivity index (χ4n) is 0.502. The Morgan fingerprint density at radius 2 is 2.30 bits per heavy atom. The molecule has 10 heavy (non-hydrogen) atoms. The van der Waals surface area contributed by atoms with E-state index in [1.807, 2.05) is 0 Å². The van der Waals surface area contributed by atoms with Crippen LogP contribution in [-0.4, -0.2) is 15.3 Å². The number of rotatable bonds is 1. The summed E-state index contributed by atoms with van der Waals surface area (Å²) in [5.41, 5.74) is 0.138. The molecule has 0 bridgehead atoms. The lowest BCUT2D eigenvalue weighted by Crippen LogP contribution is -1.91. The summed E-state index contributed by atoms with van der Waals surface area (Å²) < 4.78 is 0. The fraction of sp³-hybridized carbons (Fsp3) is 0. The van der Waals surface area contributed by atoms with Crippen LogP contribution in [0.5, 0.6) is 5.75 Å². The van der Waals surface area contributed by atoms with Crippen molar-refractivity contribution in [3.63, 3.8) is 0 Å². The van der Waals surface area contributed by atoms with Gasteiger partial charge in [-0.3, -0.25) is 4.79 Å². The quantitative estimate of drug-likeness (QED) is 0.623. The fourth-order valence-corrected chi connectivity index (χ4v) is 0.614. The van der Waals surface area contributed by atoms with Gasteiger partial charge in [-0.25, -0.2) is 4.98 Å². The second-order valence-corrected chi connectivity index (χ2v) is 2.02. The lowest BCUT2D eigenvalue weighted by Gasteiger charge is -1.90. The molecule has 0 saturated heterocycles. The molecule has 1 heterocycles. The largest absolute Gasteiger partial charge is 0.506 e. The number of aromatic hydroxyl groups is 1. The Kier molecular flexibility index (Phi) is 1.87. The Hall–Kier alpha value is -1.09. The molecule has 1 aromatic heterocycles. The van der Waals surface area contributed by atoms with Crippen LogP contribution in [0.1, 0.15) is 10.5 Å². The Morgan fingerprint density at radius 1 is 1.60 bits per heavy atom. The summed E-state index contributed by atoms with van der Waals surface area (Å²) in [4.78, 5) is 13.9. The monoisotopic (exact) mass is 157 g/mol. The number of carbonyl (C=O) groups excluding carboxylic acids is 1. The molecule has 52 valence electrons. The van der Waals surface area contributed by atoms with Crippen LogP contribution in [0.3, 0.4) is 0 Å². The lowest BCUT2D eigenvalue weighted by molar-refractivity contribution is 0.107. The van der Waals surface area contributed by atoms with E-state index in [1.165, 1.54) is 12.1 Å². The summed E-state index contributed by atoms with van der Waals surface area (Å²) >= 11 is 5.07. The number of halogens is 1. The smallest absolute Gasteiger partial charge is 0.270 e. The summed E-state index contributed by atoms with van der Waals surface area (Å²) in [5, 5.41) is 8.10. The van der Waals surface area contributed by atoms with Crippen LogP contribution in [-0.2, 0) is 0 Å². The van der Waals surface area contributed by atoms with Gasteiger partial charge >= 0.3 is 0 Å². The predicted molar refractivity (Wildman–Crippen MR) is 36.1 cm³/mol. The zero-order valence-corrected chi connectivity index (χ0v) is 5.67. The van der Waals surface area contributed by atoms with Gasteiger partial charge in [0.05, 0.1) is 6.20 Å². The topological polar surface area (TPSA) is 50.2 Å². The molecular weight excluding hydrogens is 154 g/mol. The maximum Gasteiger partial charge on any atom is 0.270 e. The molecule has 0 spiro atoms. The molecule has 0 aliphatic heterocycles. The average Bonchev–Trinajstić information content (AvgIpc) is 1.88. The van der Waals surface area contributed by atoms with E-state index in [0.29, 0.717) is 0 Å². The first-order valence-corrected chi connectivity index (χ1v) is 2.93. The van der Waals surface area contributed by atoms with E-state index in [0.717, 1.165) is 6.20 Å². The molecule has 1 rings (SSSR count). The minimum atomic E-state index is -0.625. The number of nitrogens with zero attached hydrogens (tertiary/aromatic N) is 1. The van der Waals surface area contributed by atoms with Crippen molar-refractivity contribution in [3.8, 4) is 5.75 Å². The Bertz CT molecular complexity index is 244. The Morgan fingerprint density at radius 3 is 2.70 bits per heavy atom. The van der Waals surface area contributed by atoms with E-state index < -0.39 is 5.24 Å². The number of hydrogen-bond acceptors (Lipinski definition) is 3. The predicted octanol–water partition coefficient (Wildman–Crippen LogP) is 1.17. The van der Waals surface area contributed by atoms with Gasteiger partial charge in [0.25, 0.3) is 5.24 Å². The van der Waals surface area contributed by atoms with Crippen LogP contribution in [0.2, 0.25) is 0 Å². The minimum absolute atomic E-state index is 0.0154. The Balaban J connectivity index is 3.00. The minimum Gasteiger partial charge on any atom is -0.506 e. The molecule has 0 unspecified atom stereocenters. The number of carbonyl (C=O) groups is 1. The van der Waals surface area contributed by atoms with Gasteiger partial charge in [-0.2, -0.15) is 0 Å². The van der Waals surface area contributed by atoms with E-state index in [1.54, 1.807) is 0 Å². The maximum absolute atomic E-state index is 10.4. The highest BCUT2D eigenvalue weighted by Crippen LogP contribution is 2.07. The van der Waals surface area contributed by atoms with Crippen molar-refractivity contribution >= 4 is 16.8 Å². The molecule has 0 aliphatic carbocycles. The second kappa shape index (κ2) is 2.66. The van der Waals surface area contributed by atoms with Gasteiger partial charge in [-0.05, 0) is 23.7 Å².